The van der Waals surface area contributed by atoms with Gasteiger partial charge < -0.3 is 89.0 Å². The van der Waals surface area contributed by atoms with Crippen LogP contribution < -0.4 is 9.47 Å². The summed E-state index contributed by atoms with van der Waals surface area (Å²) in [5, 5.41) is 103. The summed E-state index contributed by atoms with van der Waals surface area (Å²) in [4.78, 5) is 25.8. The molecule has 2 saturated heterocycles. The Hall–Kier alpha value is -5.68. The van der Waals surface area contributed by atoms with Crippen molar-refractivity contribution in [3.8, 4) is 40.2 Å². The number of hydrogen-bond donors (Lipinski definition) is 10. The number of carbonyl (C=O) groups is 2. The first-order valence-electron chi connectivity index (χ1n) is 18.3. The minimum atomic E-state index is -2.01. The number of rotatable bonds is 16. The van der Waals surface area contributed by atoms with Gasteiger partial charge in [0.15, 0.2) is 53.2 Å². The molecule has 10 atom stereocenters. The largest absolute Gasteiger partial charge is 0.504 e. The van der Waals surface area contributed by atoms with Gasteiger partial charge in [0.05, 0.1) is 27.4 Å². The van der Waals surface area contributed by atoms with Crippen molar-refractivity contribution in [3.63, 3.8) is 0 Å². The van der Waals surface area contributed by atoms with Crippen LogP contribution in [0.2, 0.25) is 0 Å². The van der Waals surface area contributed by atoms with Crippen LogP contribution in [0.25, 0.3) is 12.2 Å². The monoisotopic (exact) mass is 846 g/mol. The van der Waals surface area contributed by atoms with Crippen LogP contribution in [-0.4, -0.2) is 158 Å². The van der Waals surface area contributed by atoms with Crippen LogP contribution in [0.5, 0.6) is 40.2 Å². The van der Waals surface area contributed by atoms with Crippen LogP contribution in [0.15, 0.2) is 60.7 Å². The zero-order chi connectivity index (χ0) is 43.7. The van der Waals surface area contributed by atoms with Gasteiger partial charge in [0.1, 0.15) is 49.3 Å². The second kappa shape index (κ2) is 20.5. The molecule has 2 aliphatic heterocycles. The summed E-state index contributed by atoms with van der Waals surface area (Å²) >= 11 is 0. The van der Waals surface area contributed by atoms with Gasteiger partial charge in [0.2, 0.25) is 5.75 Å². The van der Waals surface area contributed by atoms with Crippen molar-refractivity contribution in [2.75, 3.05) is 34.0 Å². The number of aliphatic hydroxyl groups is 5. The Labute approximate surface area is 341 Å². The molecule has 60 heavy (non-hydrogen) atoms. The molecule has 2 aliphatic rings. The highest BCUT2D eigenvalue weighted by molar-refractivity contribution is 5.88. The second-order valence-corrected chi connectivity index (χ2v) is 13.5. The zero-order valence-electron chi connectivity index (χ0n) is 32.1. The van der Waals surface area contributed by atoms with Crippen molar-refractivity contribution in [2.24, 2.45) is 0 Å². The SMILES string of the molecule is COc1cc(C=CC(=O)OCC2OC(OC3C(O)C(OCCc4ccc(O)c(O)c4)OC(CO)C3OC(=O)C=Cc3ccc(O)c(O)c3)C(O)C(O)C2O)cc(OC)c1O. The van der Waals surface area contributed by atoms with E-state index < -0.39 is 98.1 Å². The van der Waals surface area contributed by atoms with E-state index in [0.29, 0.717) is 11.1 Å². The van der Waals surface area contributed by atoms with E-state index in [0.717, 1.165) is 18.2 Å². The molecule has 3 aromatic carbocycles. The Morgan fingerprint density at radius 1 is 0.667 bits per heavy atom. The van der Waals surface area contributed by atoms with Gasteiger partial charge in [0.25, 0.3) is 0 Å². The molecule has 0 bridgehead atoms. The third-order valence-electron chi connectivity index (χ3n) is 9.43. The Bertz CT molecular complexity index is 1980. The smallest absolute Gasteiger partial charge is 0.331 e. The Morgan fingerprint density at radius 3 is 1.92 bits per heavy atom. The fraction of sp³-hybridized carbons (Fsp3) is 0.400. The highest BCUT2D eigenvalue weighted by atomic mass is 16.7. The lowest BCUT2D eigenvalue weighted by Crippen LogP contribution is -2.65. The molecule has 20 nitrogen and oxygen atoms in total. The van der Waals surface area contributed by atoms with E-state index >= 15 is 0 Å². The number of carbonyl (C=O) groups excluding carboxylic acids is 2. The number of methoxy groups -OCH3 is 2. The number of esters is 2. The molecule has 5 rings (SSSR count). The quantitative estimate of drug-likeness (QED) is 0.0513. The Balaban J connectivity index is 1.32. The first-order chi connectivity index (χ1) is 28.6. The third-order valence-corrected chi connectivity index (χ3v) is 9.43. The molecule has 2 heterocycles. The molecule has 10 N–H and O–H groups in total. The topological polar surface area (TPSA) is 310 Å². The van der Waals surface area contributed by atoms with E-state index in [1.54, 1.807) is 0 Å². The predicted octanol–water partition coefficient (Wildman–Crippen LogP) is -0.0564. The first-order valence-corrected chi connectivity index (χ1v) is 18.3. The number of hydrogen-bond acceptors (Lipinski definition) is 20. The first kappa shape index (κ1) is 45.4. The standard InChI is InChI=1S/C40H46O20/c1-53-26-15-21(16-27(54-2)32(26)48)6-9-30(46)56-18-29-33(49)34(50)35(51)40(58-29)60-38-36(52)39(55-12-11-20-4-8-23(43)25(45)14-20)57-28(17-41)37(38)59-31(47)10-5-19-3-7-22(42)24(44)13-19/h3-10,13-16,28-29,33-45,48-52H,11-12,17-18H2,1-2H3. The number of ether oxygens (including phenoxy) is 8. The van der Waals surface area contributed by atoms with Gasteiger partial charge in [-0.15, -0.1) is 0 Å². The number of aromatic hydroxyl groups is 5. The van der Waals surface area contributed by atoms with Gasteiger partial charge in [-0.05, 0) is 71.7 Å². The summed E-state index contributed by atoms with van der Waals surface area (Å²) in [6, 6.07) is 10.6. The molecule has 2 fully saturated rings. The average Bonchev–Trinajstić information content (AvgIpc) is 3.23. The van der Waals surface area contributed by atoms with Crippen molar-refractivity contribution in [1.82, 2.24) is 0 Å². The summed E-state index contributed by atoms with van der Waals surface area (Å²) < 4.78 is 44.2. The van der Waals surface area contributed by atoms with Gasteiger partial charge in [-0.25, -0.2) is 9.59 Å². The molecular formula is C40H46O20. The molecule has 10 unspecified atom stereocenters. The minimum Gasteiger partial charge on any atom is -0.504 e. The molecule has 326 valence electrons. The van der Waals surface area contributed by atoms with Crippen LogP contribution in [0, 0.1) is 0 Å². The molecule has 3 aromatic rings. The van der Waals surface area contributed by atoms with Gasteiger partial charge in [-0.2, -0.15) is 0 Å². The molecule has 0 aromatic heterocycles. The van der Waals surface area contributed by atoms with Crippen molar-refractivity contribution >= 4 is 24.1 Å². The van der Waals surface area contributed by atoms with E-state index in [4.69, 9.17) is 37.9 Å². The van der Waals surface area contributed by atoms with Crippen LogP contribution in [0.4, 0.5) is 0 Å². The lowest BCUT2D eigenvalue weighted by molar-refractivity contribution is -0.360. The predicted molar refractivity (Wildman–Crippen MR) is 203 cm³/mol. The minimum absolute atomic E-state index is 0.0662. The lowest BCUT2D eigenvalue weighted by Gasteiger charge is -2.46. The molecule has 0 saturated carbocycles. The maximum Gasteiger partial charge on any atom is 0.331 e. The highest BCUT2D eigenvalue weighted by Crippen LogP contribution is 2.38. The third kappa shape index (κ3) is 11.1. The fourth-order valence-corrected chi connectivity index (χ4v) is 6.18. The summed E-state index contributed by atoms with van der Waals surface area (Å²) in [7, 11) is 2.64. The average molecular weight is 847 g/mol. The number of aliphatic hydroxyl groups excluding tert-OH is 5. The molecule has 0 aliphatic carbocycles. The van der Waals surface area contributed by atoms with Crippen LogP contribution in [-0.2, 0) is 44.4 Å². The van der Waals surface area contributed by atoms with Crippen LogP contribution in [0.3, 0.4) is 0 Å². The number of benzene rings is 3. The molecular weight excluding hydrogens is 800 g/mol. The van der Waals surface area contributed by atoms with Crippen molar-refractivity contribution < 1.29 is 98.5 Å². The van der Waals surface area contributed by atoms with E-state index in [2.05, 4.69) is 0 Å². The summed E-state index contributed by atoms with van der Waals surface area (Å²) in [5.41, 5.74) is 1.18. The van der Waals surface area contributed by atoms with E-state index in [1.807, 2.05) is 0 Å². The van der Waals surface area contributed by atoms with E-state index in [1.165, 1.54) is 68.8 Å². The van der Waals surface area contributed by atoms with Crippen molar-refractivity contribution in [3.05, 3.63) is 77.4 Å². The number of phenolic OH excluding ortho intramolecular Hbond substituents is 5. The Morgan fingerprint density at radius 2 is 1.28 bits per heavy atom. The van der Waals surface area contributed by atoms with E-state index in [-0.39, 0.29) is 47.3 Å². The Kier molecular flexibility index (Phi) is 15.5. The highest BCUT2D eigenvalue weighted by Gasteiger charge is 2.53. The van der Waals surface area contributed by atoms with Gasteiger partial charge in [-0.1, -0.05) is 12.1 Å². The van der Waals surface area contributed by atoms with Gasteiger partial charge >= 0.3 is 11.9 Å². The van der Waals surface area contributed by atoms with Crippen LogP contribution in [0.1, 0.15) is 16.7 Å². The molecule has 0 spiro atoms. The fourth-order valence-electron chi connectivity index (χ4n) is 6.18. The lowest BCUT2D eigenvalue weighted by atomic mass is 9.96. The maximum absolute atomic E-state index is 13.1. The summed E-state index contributed by atoms with van der Waals surface area (Å²) in [6.45, 7) is -1.69. The number of phenols is 5. The van der Waals surface area contributed by atoms with E-state index in [9.17, 15) is 60.7 Å². The zero-order valence-corrected chi connectivity index (χ0v) is 32.1. The second-order valence-electron chi connectivity index (χ2n) is 13.5. The van der Waals surface area contributed by atoms with Gasteiger partial charge in [0, 0.05) is 12.2 Å². The normalized spacial score (nSPS) is 26.9. The molecule has 0 amide bonds. The van der Waals surface area contributed by atoms with Crippen molar-refractivity contribution in [1.29, 1.82) is 0 Å². The maximum atomic E-state index is 13.1. The molecule has 20 heteroatoms. The summed E-state index contributed by atoms with van der Waals surface area (Å²) in [5.74, 6) is -3.72. The van der Waals surface area contributed by atoms with Crippen LogP contribution >= 0.6 is 0 Å². The summed E-state index contributed by atoms with van der Waals surface area (Å²) in [6.07, 6.45) is -13.0. The molecule has 0 radical (unpaired) electrons. The van der Waals surface area contributed by atoms with Gasteiger partial charge in [-0.3, -0.25) is 0 Å². The van der Waals surface area contributed by atoms with Crippen molar-refractivity contribution in [2.45, 2.75) is 67.8 Å².